The van der Waals surface area contributed by atoms with Crippen LogP contribution in [0.25, 0.3) is 0 Å². The molecule has 1 amide bonds. The van der Waals surface area contributed by atoms with Crippen LogP contribution in [0.5, 0.6) is 0 Å². The van der Waals surface area contributed by atoms with E-state index in [4.69, 9.17) is 5.11 Å². The number of carboxylic acid groups (broad SMARTS) is 1. The van der Waals surface area contributed by atoms with Gasteiger partial charge in [-0.2, -0.15) is 13.2 Å². The highest BCUT2D eigenvalue weighted by molar-refractivity contribution is 6.01. The Hall–Kier alpha value is -2.09. The van der Waals surface area contributed by atoms with Crippen molar-refractivity contribution in [2.24, 2.45) is 5.41 Å². The van der Waals surface area contributed by atoms with Gasteiger partial charge < -0.3 is 15.1 Å². The number of hydrogen-bond acceptors (Lipinski definition) is 3. The van der Waals surface area contributed by atoms with Crippen molar-refractivity contribution < 1.29 is 33.0 Å². The van der Waals surface area contributed by atoms with Crippen LogP contribution in [-0.2, 0) is 21.4 Å². The van der Waals surface area contributed by atoms with Gasteiger partial charge in [-0.3, -0.25) is 9.59 Å². The van der Waals surface area contributed by atoms with E-state index in [0.717, 1.165) is 12.1 Å². The molecule has 1 aromatic carbocycles. The number of hydrogen-bond donors (Lipinski definition) is 2. The van der Waals surface area contributed by atoms with Crippen molar-refractivity contribution in [1.82, 2.24) is 4.90 Å². The summed E-state index contributed by atoms with van der Waals surface area (Å²) in [4.78, 5) is 24.7. The zero-order valence-electron chi connectivity index (χ0n) is 13.2. The molecular weight excluding hydrogens is 327 g/mol. The summed E-state index contributed by atoms with van der Waals surface area (Å²) in [5, 5.41) is 19.8. The first-order valence-corrected chi connectivity index (χ1v) is 7.31. The Balaban J connectivity index is 2.19. The summed E-state index contributed by atoms with van der Waals surface area (Å²) in [6.45, 7) is 2.52. The van der Waals surface area contributed by atoms with Crippen LogP contribution >= 0.6 is 0 Å². The van der Waals surface area contributed by atoms with Crippen molar-refractivity contribution >= 4 is 11.9 Å². The second kappa shape index (κ2) is 5.77. The topological polar surface area (TPSA) is 77.8 Å². The fourth-order valence-electron chi connectivity index (χ4n) is 2.66. The van der Waals surface area contributed by atoms with E-state index in [-0.39, 0.29) is 25.1 Å². The molecule has 5 nitrogen and oxygen atoms in total. The molecule has 1 aliphatic heterocycles. The lowest BCUT2D eigenvalue weighted by Gasteiger charge is -2.28. The van der Waals surface area contributed by atoms with E-state index in [1.807, 2.05) is 0 Å². The molecule has 2 N–H and O–H groups in total. The predicted octanol–water partition coefficient (Wildman–Crippen LogP) is 2.24. The second-order valence-electron chi connectivity index (χ2n) is 6.51. The normalized spacial score (nSPS) is 21.8. The molecule has 1 unspecified atom stereocenters. The second-order valence-corrected chi connectivity index (χ2v) is 6.51. The van der Waals surface area contributed by atoms with E-state index in [1.54, 1.807) is 0 Å². The number of benzene rings is 1. The maximum atomic E-state index is 12.6. The van der Waals surface area contributed by atoms with E-state index in [9.17, 15) is 27.9 Å². The molecule has 2 rings (SSSR count). The lowest BCUT2D eigenvalue weighted by Crippen LogP contribution is -2.45. The van der Waals surface area contributed by atoms with E-state index in [0.29, 0.717) is 0 Å². The molecule has 1 aliphatic rings. The van der Waals surface area contributed by atoms with Crippen molar-refractivity contribution in [2.45, 2.75) is 32.0 Å². The smallest absolute Gasteiger partial charge is 0.416 e. The minimum Gasteiger partial charge on any atom is -0.480 e. The average Bonchev–Trinajstić information content (AvgIpc) is 2.89. The van der Waals surface area contributed by atoms with Gasteiger partial charge in [0.15, 0.2) is 0 Å². The molecule has 1 saturated heterocycles. The Bertz CT molecular complexity index is 654. The number of β-amino-alcohol motifs (C(OH)–C–C–N with tert-alkyl or cyclic N) is 1. The number of carbonyl (C=O) groups excluding carboxylic acids is 1. The number of likely N-dealkylation sites (tertiary alicyclic amines) is 1. The van der Waals surface area contributed by atoms with Crippen LogP contribution in [0, 0.1) is 5.41 Å². The van der Waals surface area contributed by atoms with Crippen molar-refractivity contribution in [1.29, 1.82) is 0 Å². The number of rotatable bonds is 3. The van der Waals surface area contributed by atoms with Gasteiger partial charge in [0.1, 0.15) is 11.0 Å². The SMILES string of the molecule is CC(C)(C(=O)O)C(=O)N1CCC(O)(c2ccc(C(F)(F)F)cc2)C1. The fraction of sp³-hybridized carbons (Fsp3) is 0.500. The third kappa shape index (κ3) is 3.24. The minimum atomic E-state index is -4.47. The number of carbonyl (C=O) groups is 2. The lowest BCUT2D eigenvalue weighted by molar-refractivity contribution is -0.158. The fourth-order valence-corrected chi connectivity index (χ4v) is 2.66. The molecule has 1 heterocycles. The van der Waals surface area contributed by atoms with Crippen LogP contribution in [0.1, 0.15) is 31.4 Å². The standard InChI is InChI=1S/C16H18F3NO4/c1-14(2,13(22)23)12(21)20-8-7-15(24,9-20)10-3-5-11(6-4-10)16(17,18)19/h3-6,24H,7-9H2,1-2H3,(H,22,23). The predicted molar refractivity (Wildman–Crippen MR) is 78.0 cm³/mol. The molecule has 132 valence electrons. The van der Waals surface area contributed by atoms with Gasteiger partial charge in [0.2, 0.25) is 5.91 Å². The summed E-state index contributed by atoms with van der Waals surface area (Å²) in [7, 11) is 0. The largest absolute Gasteiger partial charge is 0.480 e. The lowest BCUT2D eigenvalue weighted by atomic mass is 9.91. The summed E-state index contributed by atoms with van der Waals surface area (Å²) in [5.41, 5.74) is -3.69. The van der Waals surface area contributed by atoms with Crippen molar-refractivity contribution in [3.05, 3.63) is 35.4 Å². The highest BCUT2D eigenvalue weighted by atomic mass is 19.4. The molecule has 1 atom stereocenters. The van der Waals surface area contributed by atoms with Crippen LogP contribution in [0.3, 0.4) is 0 Å². The summed E-state index contributed by atoms with van der Waals surface area (Å²) < 4.78 is 37.8. The molecule has 0 aromatic heterocycles. The third-order valence-electron chi connectivity index (χ3n) is 4.35. The quantitative estimate of drug-likeness (QED) is 0.824. The first-order valence-electron chi connectivity index (χ1n) is 7.31. The number of amides is 1. The van der Waals surface area contributed by atoms with Crippen molar-refractivity contribution in [3.63, 3.8) is 0 Å². The zero-order chi connectivity index (χ0) is 18.3. The Morgan fingerprint density at radius 1 is 1.17 bits per heavy atom. The van der Waals surface area contributed by atoms with Gasteiger partial charge >= 0.3 is 12.1 Å². The van der Waals surface area contributed by atoms with Crippen LogP contribution < -0.4 is 0 Å². The van der Waals surface area contributed by atoms with Gasteiger partial charge in [-0.1, -0.05) is 12.1 Å². The molecule has 0 bridgehead atoms. The molecule has 1 aromatic rings. The zero-order valence-corrected chi connectivity index (χ0v) is 13.2. The Labute approximate surface area is 136 Å². The maximum Gasteiger partial charge on any atom is 0.416 e. The third-order valence-corrected chi connectivity index (χ3v) is 4.35. The first kappa shape index (κ1) is 18.3. The summed E-state index contributed by atoms with van der Waals surface area (Å²) in [6, 6.07) is 4.11. The highest BCUT2D eigenvalue weighted by Crippen LogP contribution is 2.36. The first-order chi connectivity index (χ1) is 10.9. The molecule has 0 radical (unpaired) electrons. The molecule has 24 heavy (non-hydrogen) atoms. The van der Waals surface area contributed by atoms with Gasteiger partial charge in [-0.15, -0.1) is 0 Å². The average molecular weight is 345 g/mol. The van der Waals surface area contributed by atoms with Gasteiger partial charge in [0.05, 0.1) is 12.1 Å². The number of aliphatic carboxylic acids is 1. The van der Waals surface area contributed by atoms with Crippen LogP contribution in [0.2, 0.25) is 0 Å². The molecule has 8 heteroatoms. The van der Waals surface area contributed by atoms with E-state index < -0.39 is 34.6 Å². The summed E-state index contributed by atoms with van der Waals surface area (Å²) >= 11 is 0. The molecule has 0 saturated carbocycles. The number of alkyl halides is 3. The van der Waals surface area contributed by atoms with Crippen LogP contribution in [-0.4, -0.2) is 40.1 Å². The molecule has 0 aliphatic carbocycles. The maximum absolute atomic E-state index is 12.6. The van der Waals surface area contributed by atoms with Gasteiger partial charge in [-0.05, 0) is 38.0 Å². The Morgan fingerprint density at radius 2 is 1.71 bits per heavy atom. The summed E-state index contributed by atoms with van der Waals surface area (Å²) in [5.74, 6) is -1.92. The number of nitrogens with zero attached hydrogens (tertiary/aromatic N) is 1. The van der Waals surface area contributed by atoms with E-state index in [2.05, 4.69) is 0 Å². The minimum absolute atomic E-state index is 0.125. The van der Waals surface area contributed by atoms with Crippen molar-refractivity contribution in [3.8, 4) is 0 Å². The number of halogens is 3. The van der Waals surface area contributed by atoms with E-state index in [1.165, 1.54) is 30.9 Å². The van der Waals surface area contributed by atoms with Gasteiger partial charge in [0, 0.05) is 6.54 Å². The molecule has 1 fully saturated rings. The number of carboxylic acids is 1. The molecular formula is C16H18F3NO4. The monoisotopic (exact) mass is 345 g/mol. The molecule has 0 spiro atoms. The van der Waals surface area contributed by atoms with Crippen molar-refractivity contribution in [2.75, 3.05) is 13.1 Å². The van der Waals surface area contributed by atoms with Crippen LogP contribution in [0.15, 0.2) is 24.3 Å². The van der Waals surface area contributed by atoms with Crippen LogP contribution in [0.4, 0.5) is 13.2 Å². The number of aliphatic hydroxyl groups is 1. The van der Waals surface area contributed by atoms with E-state index >= 15 is 0 Å². The Morgan fingerprint density at radius 3 is 2.17 bits per heavy atom. The summed E-state index contributed by atoms with van der Waals surface area (Å²) in [6.07, 6.45) is -4.34. The highest BCUT2D eigenvalue weighted by Gasteiger charge is 2.46. The Kier molecular flexibility index (Phi) is 4.39. The van der Waals surface area contributed by atoms with Gasteiger partial charge in [0.25, 0.3) is 0 Å². The van der Waals surface area contributed by atoms with Gasteiger partial charge in [-0.25, -0.2) is 0 Å².